The molecule has 1 amide bonds. The first kappa shape index (κ1) is 15.9. The van der Waals surface area contributed by atoms with Crippen molar-refractivity contribution in [1.29, 1.82) is 0 Å². The van der Waals surface area contributed by atoms with E-state index in [4.69, 9.17) is 4.98 Å². The van der Waals surface area contributed by atoms with Crippen LogP contribution in [0.3, 0.4) is 0 Å². The number of amides is 1. The number of nitrogens with zero attached hydrogens (tertiary/aromatic N) is 1. The molecule has 0 aliphatic carbocycles. The maximum Gasteiger partial charge on any atom is 0.224 e. The summed E-state index contributed by atoms with van der Waals surface area (Å²) in [5.41, 5.74) is 4.10. The van der Waals surface area contributed by atoms with E-state index in [1.807, 2.05) is 31.2 Å². The molecule has 0 unspecified atom stereocenters. The third-order valence-electron chi connectivity index (χ3n) is 3.48. The van der Waals surface area contributed by atoms with Crippen LogP contribution in [0.2, 0.25) is 0 Å². The molecule has 0 fully saturated rings. The Morgan fingerprint density at radius 2 is 1.96 bits per heavy atom. The minimum Gasteiger partial charge on any atom is -0.326 e. The van der Waals surface area contributed by atoms with E-state index in [9.17, 15) is 4.79 Å². The van der Waals surface area contributed by atoms with Gasteiger partial charge < -0.3 is 5.32 Å². The highest BCUT2D eigenvalue weighted by Gasteiger charge is 2.11. The lowest BCUT2D eigenvalue weighted by Gasteiger charge is -2.05. The van der Waals surface area contributed by atoms with Crippen molar-refractivity contribution in [3.05, 3.63) is 46.0 Å². The average molecular weight is 342 g/mol. The molecule has 2 aromatic heterocycles. The summed E-state index contributed by atoms with van der Waals surface area (Å²) < 4.78 is 0. The van der Waals surface area contributed by atoms with E-state index >= 15 is 0 Å². The SMILES string of the molecule is CCCC(=O)Nc1ccc(-c2nc(-c3ccsc3)sc2C)cc1. The fraction of sp³-hybridized carbons (Fsp3) is 0.222. The molecule has 23 heavy (non-hydrogen) atoms. The summed E-state index contributed by atoms with van der Waals surface area (Å²) in [7, 11) is 0. The molecule has 3 rings (SSSR count). The van der Waals surface area contributed by atoms with Crippen LogP contribution in [0.15, 0.2) is 41.1 Å². The van der Waals surface area contributed by atoms with Gasteiger partial charge in [-0.15, -0.1) is 11.3 Å². The number of anilines is 1. The van der Waals surface area contributed by atoms with Crippen LogP contribution in [0.1, 0.15) is 24.6 Å². The van der Waals surface area contributed by atoms with Crippen LogP contribution in [0.25, 0.3) is 21.8 Å². The van der Waals surface area contributed by atoms with Gasteiger partial charge in [0.15, 0.2) is 0 Å². The quantitative estimate of drug-likeness (QED) is 0.657. The molecule has 0 saturated carbocycles. The zero-order valence-corrected chi connectivity index (χ0v) is 14.8. The molecule has 0 aliphatic rings. The maximum absolute atomic E-state index is 11.6. The standard InChI is InChI=1S/C18H18N2OS2/c1-3-4-16(21)19-15-7-5-13(6-8-15)17-12(2)23-18(20-17)14-9-10-22-11-14/h5-11H,3-4H2,1-2H3,(H,19,21). The normalized spacial score (nSPS) is 10.7. The summed E-state index contributed by atoms with van der Waals surface area (Å²) in [5, 5.41) is 8.15. The van der Waals surface area contributed by atoms with Gasteiger partial charge in [-0.1, -0.05) is 19.1 Å². The number of benzene rings is 1. The second-order valence-electron chi connectivity index (χ2n) is 5.31. The van der Waals surface area contributed by atoms with Crippen molar-refractivity contribution in [2.24, 2.45) is 0 Å². The van der Waals surface area contributed by atoms with Gasteiger partial charge in [-0.05, 0) is 36.9 Å². The molecule has 2 heterocycles. The van der Waals surface area contributed by atoms with E-state index < -0.39 is 0 Å². The van der Waals surface area contributed by atoms with Gasteiger partial charge >= 0.3 is 0 Å². The third kappa shape index (κ3) is 3.68. The second-order valence-corrected chi connectivity index (χ2v) is 7.29. The molecular weight excluding hydrogens is 324 g/mol. The summed E-state index contributed by atoms with van der Waals surface area (Å²) >= 11 is 3.40. The van der Waals surface area contributed by atoms with Crippen LogP contribution in [-0.2, 0) is 4.79 Å². The van der Waals surface area contributed by atoms with Gasteiger partial charge in [-0.2, -0.15) is 11.3 Å². The number of carbonyl (C=O) groups excluding carboxylic acids is 1. The molecule has 1 aromatic carbocycles. The van der Waals surface area contributed by atoms with Crippen molar-refractivity contribution in [2.75, 3.05) is 5.32 Å². The largest absolute Gasteiger partial charge is 0.326 e. The Bertz CT molecular complexity index is 789. The maximum atomic E-state index is 11.6. The molecule has 0 spiro atoms. The summed E-state index contributed by atoms with van der Waals surface area (Å²) in [6.45, 7) is 4.10. The highest BCUT2D eigenvalue weighted by atomic mass is 32.1. The molecule has 5 heteroatoms. The Kier molecular flexibility index (Phi) is 4.88. The zero-order valence-electron chi connectivity index (χ0n) is 13.1. The molecule has 118 valence electrons. The van der Waals surface area contributed by atoms with E-state index in [-0.39, 0.29) is 5.91 Å². The van der Waals surface area contributed by atoms with E-state index in [1.165, 1.54) is 10.4 Å². The summed E-state index contributed by atoms with van der Waals surface area (Å²) in [4.78, 5) is 17.6. The Morgan fingerprint density at radius 3 is 2.61 bits per heavy atom. The van der Waals surface area contributed by atoms with Gasteiger partial charge in [0.2, 0.25) is 5.91 Å². The second kappa shape index (κ2) is 7.06. The van der Waals surface area contributed by atoms with Gasteiger partial charge in [0.25, 0.3) is 0 Å². The number of carbonyl (C=O) groups is 1. The molecule has 0 aliphatic heterocycles. The van der Waals surface area contributed by atoms with Crippen LogP contribution < -0.4 is 5.32 Å². The van der Waals surface area contributed by atoms with Crippen molar-refractivity contribution < 1.29 is 4.79 Å². The average Bonchev–Trinajstić information content (AvgIpc) is 3.18. The first-order chi connectivity index (χ1) is 11.2. The number of thiophene rings is 1. The predicted octanol–water partition coefficient (Wildman–Crippen LogP) is 5.59. The molecular formula is C18H18N2OS2. The molecule has 1 N–H and O–H groups in total. The number of hydrogen-bond acceptors (Lipinski definition) is 4. The minimum absolute atomic E-state index is 0.0600. The number of nitrogens with one attached hydrogen (secondary N) is 1. The van der Waals surface area contributed by atoms with Crippen LogP contribution in [0, 0.1) is 6.92 Å². The van der Waals surface area contributed by atoms with Crippen molar-refractivity contribution in [2.45, 2.75) is 26.7 Å². The molecule has 0 bridgehead atoms. The summed E-state index contributed by atoms with van der Waals surface area (Å²) in [6.07, 6.45) is 1.41. The number of aryl methyl sites for hydroxylation is 1. The van der Waals surface area contributed by atoms with Gasteiger partial charge in [-0.25, -0.2) is 4.98 Å². The predicted molar refractivity (Wildman–Crippen MR) is 99.1 cm³/mol. The minimum atomic E-state index is 0.0600. The molecule has 0 radical (unpaired) electrons. The lowest BCUT2D eigenvalue weighted by molar-refractivity contribution is -0.116. The molecule has 0 atom stereocenters. The van der Waals surface area contributed by atoms with Crippen LogP contribution >= 0.6 is 22.7 Å². The smallest absolute Gasteiger partial charge is 0.224 e. The van der Waals surface area contributed by atoms with Crippen molar-refractivity contribution in [3.63, 3.8) is 0 Å². The van der Waals surface area contributed by atoms with Gasteiger partial charge in [0, 0.05) is 33.5 Å². The molecule has 3 nitrogen and oxygen atoms in total. The fourth-order valence-corrected chi connectivity index (χ4v) is 3.98. The highest BCUT2D eigenvalue weighted by molar-refractivity contribution is 7.16. The van der Waals surface area contributed by atoms with Crippen LogP contribution in [0.5, 0.6) is 0 Å². The Morgan fingerprint density at radius 1 is 1.17 bits per heavy atom. The lowest BCUT2D eigenvalue weighted by atomic mass is 10.1. The van der Waals surface area contributed by atoms with Crippen molar-refractivity contribution in [3.8, 4) is 21.8 Å². The lowest BCUT2D eigenvalue weighted by Crippen LogP contribution is -2.10. The number of rotatable bonds is 5. The van der Waals surface area contributed by atoms with Crippen molar-refractivity contribution in [1.82, 2.24) is 4.98 Å². The summed E-state index contributed by atoms with van der Waals surface area (Å²) in [5.74, 6) is 0.0600. The van der Waals surface area contributed by atoms with Crippen LogP contribution in [0.4, 0.5) is 5.69 Å². The van der Waals surface area contributed by atoms with E-state index in [0.29, 0.717) is 6.42 Å². The number of hydrogen-bond donors (Lipinski definition) is 1. The van der Waals surface area contributed by atoms with Crippen LogP contribution in [-0.4, -0.2) is 10.9 Å². The number of aromatic nitrogens is 1. The van der Waals surface area contributed by atoms with Gasteiger partial charge in [-0.3, -0.25) is 4.79 Å². The third-order valence-corrected chi connectivity index (χ3v) is 5.19. The summed E-state index contributed by atoms with van der Waals surface area (Å²) in [6, 6.07) is 10.00. The van der Waals surface area contributed by atoms with Gasteiger partial charge in [0.05, 0.1) is 5.69 Å². The topological polar surface area (TPSA) is 42.0 Å². The van der Waals surface area contributed by atoms with Crippen molar-refractivity contribution >= 4 is 34.3 Å². The Balaban J connectivity index is 1.81. The van der Waals surface area contributed by atoms with Gasteiger partial charge in [0.1, 0.15) is 5.01 Å². The number of thiazole rings is 1. The molecule has 3 aromatic rings. The van der Waals surface area contributed by atoms with E-state index in [1.54, 1.807) is 22.7 Å². The Hall–Kier alpha value is -1.98. The Labute approximate surface area is 144 Å². The van der Waals surface area contributed by atoms with E-state index in [2.05, 4.69) is 29.1 Å². The highest BCUT2D eigenvalue weighted by Crippen LogP contribution is 2.34. The van der Waals surface area contributed by atoms with E-state index in [0.717, 1.165) is 28.4 Å². The first-order valence-corrected chi connectivity index (χ1v) is 9.33. The molecule has 0 saturated heterocycles. The fourth-order valence-electron chi connectivity index (χ4n) is 2.34. The monoisotopic (exact) mass is 342 g/mol. The zero-order chi connectivity index (χ0) is 16.2. The first-order valence-electron chi connectivity index (χ1n) is 7.57.